The highest BCUT2D eigenvalue weighted by molar-refractivity contribution is 6.04. The number of hydrogen-bond donors (Lipinski definition) is 3. The van der Waals surface area contributed by atoms with Gasteiger partial charge >= 0.3 is 0 Å². The third-order valence-corrected chi connectivity index (χ3v) is 7.45. The average molecular weight is 599 g/mol. The van der Waals surface area contributed by atoms with Gasteiger partial charge in [0, 0.05) is 48.8 Å². The summed E-state index contributed by atoms with van der Waals surface area (Å²) in [6, 6.07) is 16.5. The molecule has 0 aliphatic carbocycles. The highest BCUT2D eigenvalue weighted by Crippen LogP contribution is 2.29. The van der Waals surface area contributed by atoms with E-state index in [-0.39, 0.29) is 39.8 Å². The predicted octanol–water partition coefficient (Wildman–Crippen LogP) is 4.93. The number of halogens is 1. The van der Waals surface area contributed by atoms with Crippen molar-refractivity contribution in [3.8, 4) is 11.3 Å². The number of rotatable bonds is 6. The highest BCUT2D eigenvalue weighted by Gasteiger charge is 2.22. The second-order valence-electron chi connectivity index (χ2n) is 11.7. The first-order valence-corrected chi connectivity index (χ1v) is 14.2. The van der Waals surface area contributed by atoms with E-state index in [2.05, 4.69) is 36.4 Å². The molecule has 2 amide bonds. The molecule has 2 heterocycles. The lowest BCUT2D eigenvalue weighted by atomic mass is 9.87. The van der Waals surface area contributed by atoms with Crippen molar-refractivity contribution >= 4 is 34.7 Å². The van der Waals surface area contributed by atoms with Crippen LogP contribution in [0.2, 0.25) is 0 Å². The summed E-state index contributed by atoms with van der Waals surface area (Å²) < 4.78 is 22.3. The van der Waals surface area contributed by atoms with Crippen LogP contribution in [0.1, 0.15) is 47.1 Å². The summed E-state index contributed by atoms with van der Waals surface area (Å²) in [4.78, 5) is 44.8. The molecule has 4 N–H and O–H groups in total. The SMILES string of the molecule is Cn1cc(-c2cccc(NC(=O)c3ccc(C(C)(C)C)cc3)c2F)nc(Nc2ccc(C(=O)N3CCOCC3)c(N)c2)c1=O. The minimum atomic E-state index is -0.695. The van der Waals surface area contributed by atoms with Crippen molar-refractivity contribution in [2.75, 3.05) is 42.7 Å². The summed E-state index contributed by atoms with van der Waals surface area (Å²) >= 11 is 0. The Hall–Kier alpha value is -5.03. The number of aromatic nitrogens is 2. The number of aryl methyl sites for hydroxylation is 1. The summed E-state index contributed by atoms with van der Waals surface area (Å²) in [6.45, 7) is 8.15. The van der Waals surface area contributed by atoms with E-state index in [1.807, 2.05) is 12.1 Å². The Morgan fingerprint density at radius 2 is 1.73 bits per heavy atom. The highest BCUT2D eigenvalue weighted by atomic mass is 19.1. The Kier molecular flexibility index (Phi) is 8.50. The quantitative estimate of drug-likeness (QED) is 0.268. The van der Waals surface area contributed by atoms with Gasteiger partial charge in [-0.25, -0.2) is 9.37 Å². The molecule has 0 unspecified atom stereocenters. The van der Waals surface area contributed by atoms with Crippen LogP contribution in [0.25, 0.3) is 11.3 Å². The van der Waals surface area contributed by atoms with Crippen molar-refractivity contribution in [1.29, 1.82) is 0 Å². The number of benzene rings is 3. The first-order chi connectivity index (χ1) is 20.9. The number of ether oxygens (including phenoxy) is 1. The van der Waals surface area contributed by atoms with Gasteiger partial charge < -0.3 is 30.6 Å². The Balaban J connectivity index is 1.38. The van der Waals surface area contributed by atoms with Crippen molar-refractivity contribution < 1.29 is 18.7 Å². The third kappa shape index (κ3) is 6.47. The van der Waals surface area contributed by atoms with Crippen LogP contribution < -0.4 is 21.9 Å². The van der Waals surface area contributed by atoms with Crippen LogP contribution in [-0.2, 0) is 17.2 Å². The van der Waals surface area contributed by atoms with Gasteiger partial charge in [0.2, 0.25) is 0 Å². The summed E-state index contributed by atoms with van der Waals surface area (Å²) in [7, 11) is 1.53. The van der Waals surface area contributed by atoms with Crippen LogP contribution in [0.5, 0.6) is 0 Å². The molecule has 1 aliphatic heterocycles. The monoisotopic (exact) mass is 598 g/mol. The summed E-state index contributed by atoms with van der Waals surface area (Å²) in [5.74, 6) is -1.41. The fourth-order valence-electron chi connectivity index (χ4n) is 4.87. The van der Waals surface area contributed by atoms with Crippen molar-refractivity contribution in [3.63, 3.8) is 0 Å². The number of carbonyl (C=O) groups excluding carboxylic acids is 2. The Bertz CT molecular complexity index is 1770. The molecule has 4 aromatic rings. The fourth-order valence-corrected chi connectivity index (χ4v) is 4.87. The topological polar surface area (TPSA) is 132 Å². The molecule has 11 heteroatoms. The van der Waals surface area contributed by atoms with E-state index < -0.39 is 17.3 Å². The molecule has 0 spiro atoms. The molecule has 1 aromatic heterocycles. The van der Waals surface area contributed by atoms with E-state index in [4.69, 9.17) is 10.5 Å². The predicted molar refractivity (Wildman–Crippen MR) is 169 cm³/mol. The third-order valence-electron chi connectivity index (χ3n) is 7.45. The van der Waals surface area contributed by atoms with Crippen LogP contribution in [0.3, 0.4) is 0 Å². The van der Waals surface area contributed by atoms with E-state index in [9.17, 15) is 14.4 Å². The van der Waals surface area contributed by atoms with Gasteiger partial charge in [-0.1, -0.05) is 39.0 Å². The maximum Gasteiger partial charge on any atom is 0.293 e. The number of anilines is 4. The van der Waals surface area contributed by atoms with Crippen LogP contribution in [0, 0.1) is 5.82 Å². The number of nitrogen functional groups attached to an aromatic ring is 1. The van der Waals surface area contributed by atoms with Crippen LogP contribution in [-0.4, -0.2) is 52.6 Å². The first-order valence-electron chi connectivity index (χ1n) is 14.2. The van der Waals surface area contributed by atoms with Gasteiger partial charge in [0.15, 0.2) is 11.6 Å². The van der Waals surface area contributed by atoms with Crippen LogP contribution in [0.15, 0.2) is 71.7 Å². The van der Waals surface area contributed by atoms with Gasteiger partial charge in [0.05, 0.1) is 30.2 Å². The van der Waals surface area contributed by atoms with E-state index >= 15 is 4.39 Å². The smallest absolute Gasteiger partial charge is 0.293 e. The molecule has 1 saturated heterocycles. The molecular formula is C33H35FN6O4. The average Bonchev–Trinajstić information content (AvgIpc) is 3.00. The molecular weight excluding hydrogens is 563 g/mol. The molecule has 228 valence electrons. The van der Waals surface area contributed by atoms with E-state index in [1.165, 1.54) is 29.9 Å². The summed E-state index contributed by atoms with van der Waals surface area (Å²) in [5, 5.41) is 5.59. The minimum absolute atomic E-state index is 0.0224. The largest absolute Gasteiger partial charge is 0.398 e. The van der Waals surface area contributed by atoms with Crippen molar-refractivity contribution in [1.82, 2.24) is 14.5 Å². The summed E-state index contributed by atoms with van der Waals surface area (Å²) in [5.41, 5.74) is 8.42. The molecule has 10 nitrogen and oxygen atoms in total. The minimum Gasteiger partial charge on any atom is -0.398 e. The zero-order valence-corrected chi connectivity index (χ0v) is 25.1. The Morgan fingerprint density at radius 1 is 1.02 bits per heavy atom. The standard InChI is InChI=1S/C33H35FN6O4/c1-33(2,3)21-10-8-20(9-11-21)30(41)38-26-7-5-6-24(28(26)34)27-19-39(4)32(43)29(37-27)36-22-12-13-23(25(35)18-22)31(42)40-14-16-44-17-15-40/h5-13,18-19H,14-17,35H2,1-4H3,(H,36,37)(H,38,41). The maximum absolute atomic E-state index is 15.7. The van der Waals surface area contributed by atoms with Gasteiger partial charge in [-0.2, -0.15) is 0 Å². The summed E-state index contributed by atoms with van der Waals surface area (Å²) in [6.07, 6.45) is 1.42. The van der Waals surface area contributed by atoms with Gasteiger partial charge in [0.25, 0.3) is 17.4 Å². The van der Waals surface area contributed by atoms with Crippen molar-refractivity contribution in [3.05, 3.63) is 99.7 Å². The number of nitrogens with one attached hydrogen (secondary N) is 2. The lowest BCUT2D eigenvalue weighted by Crippen LogP contribution is -2.40. The zero-order valence-electron chi connectivity index (χ0n) is 25.1. The zero-order chi connectivity index (χ0) is 31.6. The number of amides is 2. The van der Waals surface area contributed by atoms with Crippen LogP contribution in [0.4, 0.5) is 27.3 Å². The van der Waals surface area contributed by atoms with Crippen molar-refractivity contribution in [2.24, 2.45) is 7.05 Å². The lowest BCUT2D eigenvalue weighted by molar-refractivity contribution is 0.0303. The molecule has 0 radical (unpaired) electrons. The van der Waals surface area contributed by atoms with Gasteiger partial charge in [0.1, 0.15) is 0 Å². The fraction of sp³-hybridized carbons (Fsp3) is 0.273. The maximum atomic E-state index is 15.7. The molecule has 0 atom stereocenters. The number of morpholine rings is 1. The second kappa shape index (κ2) is 12.3. The molecule has 1 fully saturated rings. The van der Waals surface area contributed by atoms with E-state index in [0.29, 0.717) is 43.1 Å². The number of carbonyl (C=O) groups is 2. The normalized spacial score (nSPS) is 13.4. The number of hydrogen-bond acceptors (Lipinski definition) is 7. The van der Waals surface area contributed by atoms with Crippen LogP contribution >= 0.6 is 0 Å². The van der Waals surface area contributed by atoms with Gasteiger partial charge in [-0.05, 0) is 53.4 Å². The molecule has 5 rings (SSSR count). The van der Waals surface area contributed by atoms with Gasteiger partial charge in [-0.15, -0.1) is 0 Å². The number of nitrogens with zero attached hydrogens (tertiary/aromatic N) is 3. The molecule has 3 aromatic carbocycles. The molecule has 0 saturated carbocycles. The van der Waals surface area contributed by atoms with Gasteiger partial charge in [-0.3, -0.25) is 14.4 Å². The number of nitrogens with two attached hydrogens (primary N) is 1. The Morgan fingerprint density at radius 3 is 2.39 bits per heavy atom. The molecule has 44 heavy (non-hydrogen) atoms. The van der Waals surface area contributed by atoms with E-state index in [0.717, 1.165) is 5.56 Å². The Labute approximate surface area is 254 Å². The second-order valence-corrected chi connectivity index (χ2v) is 11.7. The molecule has 0 bridgehead atoms. The van der Waals surface area contributed by atoms with Crippen molar-refractivity contribution in [2.45, 2.75) is 26.2 Å². The first kappa shape index (κ1) is 30.4. The van der Waals surface area contributed by atoms with E-state index in [1.54, 1.807) is 41.3 Å². The molecule has 1 aliphatic rings. The lowest BCUT2D eigenvalue weighted by Gasteiger charge is -2.27.